The molecule has 25 heavy (non-hydrogen) atoms. The maximum absolute atomic E-state index is 12.0. The van der Waals surface area contributed by atoms with Gasteiger partial charge in [0.25, 0.3) is 5.91 Å². The van der Waals surface area contributed by atoms with Gasteiger partial charge < -0.3 is 16.0 Å². The van der Waals surface area contributed by atoms with Gasteiger partial charge in [0.15, 0.2) is 5.96 Å². The van der Waals surface area contributed by atoms with Gasteiger partial charge in [-0.1, -0.05) is 38.3 Å². The number of hydrogen-bond donors (Lipinski definition) is 3. The molecule has 0 heterocycles. The molecule has 0 bridgehead atoms. The predicted molar refractivity (Wildman–Crippen MR) is 115 cm³/mol. The molecule has 0 atom stereocenters. The lowest BCUT2D eigenvalue weighted by molar-refractivity contribution is 0.0953. The molecule has 5 nitrogen and oxygen atoms in total. The lowest BCUT2D eigenvalue weighted by atomic mass is 9.96. The molecule has 0 aromatic heterocycles. The van der Waals surface area contributed by atoms with Gasteiger partial charge in [-0.25, -0.2) is 0 Å². The fraction of sp³-hybridized carbons (Fsp3) is 0.579. The molecule has 0 aliphatic heterocycles. The fourth-order valence-corrected chi connectivity index (χ4v) is 2.98. The molecule has 0 unspecified atom stereocenters. The van der Waals surface area contributed by atoms with Crippen molar-refractivity contribution in [2.24, 2.45) is 4.99 Å². The second kappa shape index (κ2) is 12.1. The van der Waals surface area contributed by atoms with Gasteiger partial charge in [0.1, 0.15) is 0 Å². The van der Waals surface area contributed by atoms with Crippen LogP contribution in [0.2, 0.25) is 0 Å². The summed E-state index contributed by atoms with van der Waals surface area (Å²) in [4.78, 5) is 16.4. The third-order valence-corrected chi connectivity index (χ3v) is 4.35. The second-order valence-corrected chi connectivity index (χ2v) is 6.36. The standard InChI is InChI=1S/C19H30N4O.HI/c1-3-12-21-18(24)16-9-7-8-15(13-16)14-22-19(20-2)23-17-10-5-4-6-11-17;/h7-9,13,17H,3-6,10-12,14H2,1-2H3,(H,21,24)(H2,20,22,23);1H. The van der Waals surface area contributed by atoms with Gasteiger partial charge >= 0.3 is 0 Å². The Morgan fingerprint density at radius 3 is 2.64 bits per heavy atom. The molecule has 6 heteroatoms. The topological polar surface area (TPSA) is 65.5 Å². The summed E-state index contributed by atoms with van der Waals surface area (Å²) in [5.41, 5.74) is 1.78. The number of nitrogens with one attached hydrogen (secondary N) is 3. The Morgan fingerprint density at radius 1 is 1.20 bits per heavy atom. The van der Waals surface area contributed by atoms with Crippen molar-refractivity contribution in [2.75, 3.05) is 13.6 Å². The predicted octanol–water partition coefficient (Wildman–Crippen LogP) is 3.44. The smallest absolute Gasteiger partial charge is 0.251 e. The highest BCUT2D eigenvalue weighted by molar-refractivity contribution is 14.0. The number of benzene rings is 1. The Balaban J connectivity index is 0.00000312. The molecule has 1 aromatic carbocycles. The summed E-state index contributed by atoms with van der Waals surface area (Å²) in [6.45, 7) is 3.41. The van der Waals surface area contributed by atoms with Crippen molar-refractivity contribution in [2.45, 2.75) is 58.0 Å². The molecule has 1 saturated carbocycles. The number of nitrogens with zero attached hydrogens (tertiary/aromatic N) is 1. The van der Waals surface area contributed by atoms with Gasteiger partial charge in [-0.15, -0.1) is 24.0 Å². The summed E-state index contributed by atoms with van der Waals surface area (Å²) in [6.07, 6.45) is 7.31. The van der Waals surface area contributed by atoms with Crippen LogP contribution in [0.15, 0.2) is 29.3 Å². The molecule has 1 aliphatic rings. The minimum Gasteiger partial charge on any atom is -0.354 e. The summed E-state index contributed by atoms with van der Waals surface area (Å²) >= 11 is 0. The van der Waals surface area contributed by atoms with Crippen molar-refractivity contribution in [1.82, 2.24) is 16.0 Å². The van der Waals surface area contributed by atoms with E-state index in [4.69, 9.17) is 0 Å². The molecule has 0 radical (unpaired) electrons. The number of carbonyl (C=O) groups is 1. The Kier molecular flexibility index (Phi) is 10.5. The van der Waals surface area contributed by atoms with Crippen LogP contribution in [0.5, 0.6) is 0 Å². The van der Waals surface area contributed by atoms with Gasteiger partial charge in [0.05, 0.1) is 0 Å². The van der Waals surface area contributed by atoms with Crippen LogP contribution in [0.4, 0.5) is 0 Å². The number of carbonyl (C=O) groups excluding carboxylic acids is 1. The second-order valence-electron chi connectivity index (χ2n) is 6.36. The van der Waals surface area contributed by atoms with Crippen molar-refractivity contribution in [3.63, 3.8) is 0 Å². The first-order valence-corrected chi connectivity index (χ1v) is 9.07. The van der Waals surface area contributed by atoms with Gasteiger partial charge in [-0.05, 0) is 37.0 Å². The van der Waals surface area contributed by atoms with Crippen molar-refractivity contribution >= 4 is 35.8 Å². The quantitative estimate of drug-likeness (QED) is 0.348. The van der Waals surface area contributed by atoms with E-state index in [2.05, 4.69) is 20.9 Å². The van der Waals surface area contributed by atoms with E-state index in [1.807, 2.05) is 31.2 Å². The van der Waals surface area contributed by atoms with Crippen LogP contribution >= 0.6 is 24.0 Å². The highest BCUT2D eigenvalue weighted by atomic mass is 127. The maximum atomic E-state index is 12.0. The van der Waals surface area contributed by atoms with E-state index in [9.17, 15) is 4.79 Å². The van der Waals surface area contributed by atoms with Crippen molar-refractivity contribution in [3.8, 4) is 0 Å². The van der Waals surface area contributed by atoms with E-state index < -0.39 is 0 Å². The first-order chi connectivity index (χ1) is 11.7. The fourth-order valence-electron chi connectivity index (χ4n) is 2.98. The molecule has 1 amide bonds. The summed E-state index contributed by atoms with van der Waals surface area (Å²) in [6, 6.07) is 8.26. The highest BCUT2D eigenvalue weighted by Crippen LogP contribution is 2.17. The number of amides is 1. The van der Waals surface area contributed by atoms with Crippen LogP contribution in [-0.2, 0) is 6.54 Å². The zero-order valence-corrected chi connectivity index (χ0v) is 17.6. The number of hydrogen-bond acceptors (Lipinski definition) is 2. The summed E-state index contributed by atoms with van der Waals surface area (Å²) < 4.78 is 0. The monoisotopic (exact) mass is 458 g/mol. The Hall–Kier alpha value is -1.31. The number of guanidine groups is 1. The van der Waals surface area contributed by atoms with E-state index in [0.29, 0.717) is 24.7 Å². The molecule has 1 aromatic rings. The van der Waals surface area contributed by atoms with Crippen LogP contribution in [0.25, 0.3) is 0 Å². The largest absolute Gasteiger partial charge is 0.354 e. The number of halogens is 1. The number of aliphatic imine (C=N–C) groups is 1. The van der Waals surface area contributed by atoms with Crippen LogP contribution in [0.3, 0.4) is 0 Å². The molecule has 140 valence electrons. The normalized spacial score (nSPS) is 15.2. The van der Waals surface area contributed by atoms with Gasteiger partial charge in [0, 0.05) is 31.7 Å². The highest BCUT2D eigenvalue weighted by Gasteiger charge is 2.14. The summed E-state index contributed by atoms with van der Waals surface area (Å²) in [7, 11) is 1.80. The minimum atomic E-state index is -0.0107. The minimum absolute atomic E-state index is 0. The zero-order chi connectivity index (χ0) is 17.2. The van der Waals surface area contributed by atoms with Crippen LogP contribution in [0, 0.1) is 0 Å². The van der Waals surface area contributed by atoms with Crippen molar-refractivity contribution in [1.29, 1.82) is 0 Å². The molecule has 2 rings (SSSR count). The van der Waals surface area contributed by atoms with Crippen LogP contribution in [-0.4, -0.2) is 31.5 Å². The first kappa shape index (κ1) is 21.7. The molecule has 0 saturated heterocycles. The first-order valence-electron chi connectivity index (χ1n) is 9.07. The zero-order valence-electron chi connectivity index (χ0n) is 15.3. The molecule has 0 spiro atoms. The van der Waals surface area contributed by atoms with Crippen molar-refractivity contribution in [3.05, 3.63) is 35.4 Å². The Bertz CT molecular complexity index is 556. The third kappa shape index (κ3) is 7.63. The van der Waals surface area contributed by atoms with Crippen molar-refractivity contribution < 1.29 is 4.79 Å². The lowest BCUT2D eigenvalue weighted by Crippen LogP contribution is -2.43. The van der Waals surface area contributed by atoms with E-state index in [1.54, 1.807) is 7.05 Å². The molecule has 1 aliphatic carbocycles. The molecule has 1 fully saturated rings. The average molecular weight is 458 g/mol. The van der Waals surface area contributed by atoms with Gasteiger partial charge in [-0.2, -0.15) is 0 Å². The average Bonchev–Trinajstić information content (AvgIpc) is 2.64. The summed E-state index contributed by atoms with van der Waals surface area (Å²) in [5.74, 6) is 0.825. The Labute approximate surface area is 168 Å². The van der Waals surface area contributed by atoms with Crippen LogP contribution in [0.1, 0.15) is 61.4 Å². The van der Waals surface area contributed by atoms with Gasteiger partial charge in [0.2, 0.25) is 0 Å². The maximum Gasteiger partial charge on any atom is 0.251 e. The van der Waals surface area contributed by atoms with E-state index in [0.717, 1.165) is 17.9 Å². The SMILES string of the molecule is CCCNC(=O)c1cccc(CNC(=NC)NC2CCCCC2)c1.I. The van der Waals surface area contributed by atoms with Gasteiger partial charge in [-0.3, -0.25) is 9.79 Å². The van der Waals surface area contributed by atoms with E-state index in [-0.39, 0.29) is 29.9 Å². The summed E-state index contributed by atoms with van der Waals surface area (Å²) in [5, 5.41) is 9.76. The molecular weight excluding hydrogens is 427 g/mol. The molecular formula is C19H31IN4O. The lowest BCUT2D eigenvalue weighted by Gasteiger charge is -2.24. The number of rotatable bonds is 6. The third-order valence-electron chi connectivity index (χ3n) is 4.35. The van der Waals surface area contributed by atoms with Crippen LogP contribution < -0.4 is 16.0 Å². The van der Waals surface area contributed by atoms with E-state index >= 15 is 0 Å². The van der Waals surface area contributed by atoms with E-state index in [1.165, 1.54) is 32.1 Å². The molecule has 3 N–H and O–H groups in total. The Morgan fingerprint density at radius 2 is 1.96 bits per heavy atom.